The first-order valence-electron chi connectivity index (χ1n) is 6.55. The molecule has 0 amide bonds. The molecule has 1 aliphatic rings. The van der Waals surface area contributed by atoms with Crippen LogP contribution in [0.4, 0.5) is 10.1 Å². The Hall–Kier alpha value is -1.54. The Labute approximate surface area is 123 Å². The van der Waals surface area contributed by atoms with E-state index < -0.39 is 5.82 Å². The summed E-state index contributed by atoms with van der Waals surface area (Å²) in [5.74, 6) is -0.424. The second kappa shape index (κ2) is 5.84. The summed E-state index contributed by atoms with van der Waals surface area (Å²) >= 11 is 1.66. The third-order valence-electron chi connectivity index (χ3n) is 2.90. The molecule has 1 heterocycles. The second-order valence-corrected chi connectivity index (χ2v) is 7.37. The van der Waals surface area contributed by atoms with Gasteiger partial charge in [-0.25, -0.2) is 4.39 Å². The molecule has 0 fully saturated rings. The fraction of sp³-hybridized carbons (Fsp3) is 0.467. The summed E-state index contributed by atoms with van der Waals surface area (Å²) in [4.78, 5) is 4.42. The lowest BCUT2D eigenvalue weighted by molar-refractivity contribution is 0.375. The van der Waals surface area contributed by atoms with Crippen LogP contribution in [0.1, 0.15) is 32.8 Å². The number of nitriles is 1. The van der Waals surface area contributed by atoms with Crippen LogP contribution in [-0.4, -0.2) is 17.0 Å². The summed E-state index contributed by atoms with van der Waals surface area (Å²) < 4.78 is 13.8. The Morgan fingerprint density at radius 1 is 1.50 bits per heavy atom. The molecular weight excluding hydrogens is 273 g/mol. The number of hydrogen-bond acceptors (Lipinski definition) is 4. The number of aliphatic imine (C=N–C) groups is 1. The topological polar surface area (TPSA) is 48.2 Å². The fourth-order valence-electron chi connectivity index (χ4n) is 2.08. The largest absolute Gasteiger partial charge is 0.333 e. The van der Waals surface area contributed by atoms with Crippen LogP contribution < -0.4 is 5.32 Å². The van der Waals surface area contributed by atoms with Crippen molar-refractivity contribution >= 4 is 22.6 Å². The third kappa shape index (κ3) is 3.97. The fourth-order valence-corrected chi connectivity index (χ4v) is 3.44. The Balaban J connectivity index is 1.97. The van der Waals surface area contributed by atoms with Crippen molar-refractivity contribution in [3.8, 4) is 6.07 Å². The zero-order chi connectivity index (χ0) is 14.8. The highest BCUT2D eigenvalue weighted by Gasteiger charge is 2.25. The summed E-state index contributed by atoms with van der Waals surface area (Å²) in [6.07, 6.45) is 1.07. The molecule has 0 bridgehead atoms. The van der Waals surface area contributed by atoms with Gasteiger partial charge in [0.1, 0.15) is 5.82 Å². The molecule has 20 heavy (non-hydrogen) atoms. The standard InChI is InChI=1S/C15H18FN3S/c1-15(2,3)7-11-9-18-14(20-11)19-13-5-4-10(8-17)6-12(13)16/h4-6,11H,7,9H2,1-3H3,(H,18,19). The van der Waals surface area contributed by atoms with Crippen molar-refractivity contribution in [2.24, 2.45) is 10.4 Å². The first kappa shape index (κ1) is 14.9. The molecule has 0 radical (unpaired) electrons. The highest BCUT2D eigenvalue weighted by molar-refractivity contribution is 8.15. The highest BCUT2D eigenvalue weighted by atomic mass is 32.2. The van der Waals surface area contributed by atoms with E-state index in [1.54, 1.807) is 23.9 Å². The molecule has 1 atom stereocenters. The number of thioether (sulfide) groups is 1. The molecule has 1 N–H and O–H groups in total. The van der Waals surface area contributed by atoms with Gasteiger partial charge in [-0.15, -0.1) is 0 Å². The van der Waals surface area contributed by atoms with Crippen LogP contribution in [0.2, 0.25) is 0 Å². The number of nitrogens with zero attached hydrogens (tertiary/aromatic N) is 2. The maximum Gasteiger partial charge on any atom is 0.161 e. The zero-order valence-electron chi connectivity index (χ0n) is 11.9. The molecule has 0 aromatic heterocycles. The van der Waals surface area contributed by atoms with Gasteiger partial charge in [0.15, 0.2) is 5.17 Å². The molecule has 1 aromatic carbocycles. The zero-order valence-corrected chi connectivity index (χ0v) is 12.7. The van der Waals surface area contributed by atoms with E-state index in [0.29, 0.717) is 16.5 Å². The number of benzene rings is 1. The monoisotopic (exact) mass is 291 g/mol. The number of amidine groups is 1. The van der Waals surface area contributed by atoms with Crippen molar-refractivity contribution < 1.29 is 4.39 Å². The normalized spacial score (nSPS) is 18.6. The lowest BCUT2D eigenvalue weighted by atomic mass is 9.90. The van der Waals surface area contributed by atoms with Gasteiger partial charge in [-0.05, 0) is 30.0 Å². The predicted molar refractivity (Wildman–Crippen MR) is 82.5 cm³/mol. The summed E-state index contributed by atoms with van der Waals surface area (Å²) in [7, 11) is 0. The molecule has 1 unspecified atom stereocenters. The van der Waals surface area contributed by atoms with Gasteiger partial charge >= 0.3 is 0 Å². The molecule has 0 aliphatic carbocycles. The Morgan fingerprint density at radius 2 is 2.25 bits per heavy atom. The van der Waals surface area contributed by atoms with Gasteiger partial charge in [0.25, 0.3) is 0 Å². The Kier molecular flexibility index (Phi) is 4.34. The van der Waals surface area contributed by atoms with E-state index in [1.165, 1.54) is 6.07 Å². The summed E-state index contributed by atoms with van der Waals surface area (Å²) in [6, 6.07) is 6.32. The minimum Gasteiger partial charge on any atom is -0.333 e. The van der Waals surface area contributed by atoms with E-state index in [1.807, 2.05) is 6.07 Å². The van der Waals surface area contributed by atoms with Crippen molar-refractivity contribution in [1.29, 1.82) is 5.26 Å². The molecule has 5 heteroatoms. The maximum atomic E-state index is 13.8. The van der Waals surface area contributed by atoms with E-state index >= 15 is 0 Å². The van der Waals surface area contributed by atoms with Crippen LogP contribution in [0, 0.1) is 22.6 Å². The molecule has 0 saturated heterocycles. The minimum atomic E-state index is -0.424. The SMILES string of the molecule is CC(C)(C)CC1CN=C(Nc2ccc(C#N)cc2F)S1. The number of anilines is 1. The molecule has 1 aromatic rings. The molecule has 3 nitrogen and oxygen atoms in total. The predicted octanol–water partition coefficient (Wildman–Crippen LogP) is 4.02. The van der Waals surface area contributed by atoms with Crippen LogP contribution in [0.3, 0.4) is 0 Å². The van der Waals surface area contributed by atoms with Gasteiger partial charge in [-0.2, -0.15) is 5.26 Å². The first-order chi connectivity index (χ1) is 9.37. The van der Waals surface area contributed by atoms with E-state index in [0.717, 1.165) is 18.1 Å². The van der Waals surface area contributed by atoms with Crippen molar-refractivity contribution in [2.45, 2.75) is 32.4 Å². The molecule has 0 saturated carbocycles. The van der Waals surface area contributed by atoms with Crippen molar-refractivity contribution in [3.63, 3.8) is 0 Å². The van der Waals surface area contributed by atoms with Crippen LogP contribution in [0.25, 0.3) is 0 Å². The van der Waals surface area contributed by atoms with Crippen molar-refractivity contribution in [1.82, 2.24) is 0 Å². The molecular formula is C15H18FN3S. The number of rotatable bonds is 2. The third-order valence-corrected chi connectivity index (χ3v) is 4.00. The van der Waals surface area contributed by atoms with Gasteiger partial charge in [0.05, 0.1) is 23.9 Å². The average molecular weight is 291 g/mol. The molecule has 2 rings (SSSR count). The molecule has 1 aliphatic heterocycles. The van der Waals surface area contributed by atoms with Crippen molar-refractivity contribution in [2.75, 3.05) is 11.9 Å². The average Bonchev–Trinajstić information content (AvgIpc) is 2.76. The van der Waals surface area contributed by atoms with E-state index in [9.17, 15) is 4.39 Å². The number of hydrogen-bond donors (Lipinski definition) is 1. The maximum absolute atomic E-state index is 13.8. The van der Waals surface area contributed by atoms with E-state index in [4.69, 9.17) is 5.26 Å². The van der Waals surface area contributed by atoms with Crippen LogP contribution >= 0.6 is 11.8 Å². The van der Waals surface area contributed by atoms with Gasteiger partial charge in [-0.1, -0.05) is 32.5 Å². The Morgan fingerprint density at radius 3 is 2.85 bits per heavy atom. The smallest absolute Gasteiger partial charge is 0.161 e. The number of nitrogens with one attached hydrogen (secondary N) is 1. The highest BCUT2D eigenvalue weighted by Crippen LogP contribution is 2.32. The van der Waals surface area contributed by atoms with Crippen molar-refractivity contribution in [3.05, 3.63) is 29.6 Å². The quantitative estimate of drug-likeness (QED) is 0.895. The van der Waals surface area contributed by atoms with Crippen LogP contribution in [0.5, 0.6) is 0 Å². The Bertz CT molecular complexity index is 569. The summed E-state index contributed by atoms with van der Waals surface area (Å²) in [6.45, 7) is 7.39. The first-order valence-corrected chi connectivity index (χ1v) is 7.43. The van der Waals surface area contributed by atoms with Crippen LogP contribution in [0.15, 0.2) is 23.2 Å². The lowest BCUT2D eigenvalue weighted by Crippen LogP contribution is -2.16. The van der Waals surface area contributed by atoms with Gasteiger partial charge in [0.2, 0.25) is 0 Å². The van der Waals surface area contributed by atoms with E-state index in [2.05, 4.69) is 31.1 Å². The molecule has 106 valence electrons. The van der Waals surface area contributed by atoms with E-state index in [-0.39, 0.29) is 5.41 Å². The van der Waals surface area contributed by atoms with Gasteiger partial charge < -0.3 is 5.32 Å². The second-order valence-electron chi connectivity index (χ2n) is 6.08. The van der Waals surface area contributed by atoms with Crippen LogP contribution in [-0.2, 0) is 0 Å². The minimum absolute atomic E-state index is 0.266. The summed E-state index contributed by atoms with van der Waals surface area (Å²) in [5, 5.41) is 12.9. The molecule has 0 spiro atoms. The lowest BCUT2D eigenvalue weighted by Gasteiger charge is -2.21. The number of halogens is 1. The van der Waals surface area contributed by atoms with Gasteiger partial charge in [0, 0.05) is 5.25 Å². The van der Waals surface area contributed by atoms with Gasteiger partial charge in [-0.3, -0.25) is 4.99 Å². The summed E-state index contributed by atoms with van der Waals surface area (Å²) in [5.41, 5.74) is 0.953.